The molecule has 2 aromatic carbocycles. The van der Waals surface area contributed by atoms with Crippen LogP contribution in [0.2, 0.25) is 0 Å². The third kappa shape index (κ3) is 3.77. The number of aromatic nitrogens is 1. The van der Waals surface area contributed by atoms with Gasteiger partial charge in [-0.05, 0) is 42.2 Å². The highest BCUT2D eigenvalue weighted by atomic mass is 16.5. The molecule has 0 atom stereocenters. The Balaban J connectivity index is 1.78. The second-order valence-corrected chi connectivity index (χ2v) is 9.23. The van der Waals surface area contributed by atoms with Gasteiger partial charge in [-0.15, -0.1) is 0 Å². The van der Waals surface area contributed by atoms with Crippen LogP contribution in [0.1, 0.15) is 43.2 Å². The van der Waals surface area contributed by atoms with Gasteiger partial charge in [-0.3, -0.25) is 0 Å². The second-order valence-electron chi connectivity index (χ2n) is 9.23. The zero-order chi connectivity index (χ0) is 22.9. The van der Waals surface area contributed by atoms with Gasteiger partial charge < -0.3 is 18.9 Å². The Hall–Kier alpha value is -2.95. The molecule has 2 heterocycles. The molecule has 0 saturated heterocycles. The first-order valence-electron chi connectivity index (χ1n) is 12.0. The van der Waals surface area contributed by atoms with Gasteiger partial charge in [0.1, 0.15) is 0 Å². The summed E-state index contributed by atoms with van der Waals surface area (Å²) in [4.78, 5) is 0. The summed E-state index contributed by atoms with van der Waals surface area (Å²) in [5.74, 6) is 3.88. The van der Waals surface area contributed by atoms with E-state index < -0.39 is 0 Å². The Labute approximate surface area is 196 Å². The minimum absolute atomic E-state index is 0.715. The topological polar surface area (TPSA) is 40.8 Å². The summed E-state index contributed by atoms with van der Waals surface area (Å²) in [5, 5.41) is 2.38. The van der Waals surface area contributed by atoms with Crippen LogP contribution in [0.4, 0.5) is 0 Å². The van der Waals surface area contributed by atoms with Crippen LogP contribution in [0, 0.1) is 5.92 Å². The van der Waals surface area contributed by atoms with E-state index in [1.54, 1.807) is 28.4 Å². The molecule has 1 saturated carbocycles. The van der Waals surface area contributed by atoms with Crippen molar-refractivity contribution in [2.24, 2.45) is 5.92 Å². The average Bonchev–Trinajstić information content (AvgIpc) is 2.87. The predicted octanol–water partition coefficient (Wildman–Crippen LogP) is 5.51. The van der Waals surface area contributed by atoms with Crippen molar-refractivity contribution >= 4 is 10.8 Å². The predicted molar refractivity (Wildman–Crippen MR) is 130 cm³/mol. The van der Waals surface area contributed by atoms with Crippen molar-refractivity contribution < 1.29 is 23.5 Å². The molecule has 1 aliphatic heterocycles. The van der Waals surface area contributed by atoms with Crippen LogP contribution in [0.3, 0.4) is 0 Å². The molecule has 5 nitrogen and oxygen atoms in total. The van der Waals surface area contributed by atoms with E-state index in [1.165, 1.54) is 59.9 Å². The van der Waals surface area contributed by atoms with Gasteiger partial charge in [-0.25, -0.2) is 0 Å². The number of fused-ring (bicyclic) bond motifs is 4. The molecule has 0 N–H and O–H groups in total. The van der Waals surface area contributed by atoms with Crippen molar-refractivity contribution in [1.29, 1.82) is 0 Å². The summed E-state index contributed by atoms with van der Waals surface area (Å²) >= 11 is 0. The number of hydrogen-bond donors (Lipinski definition) is 0. The SMILES string of the molecule is COc1cc2c(cc1OC)-c1c(CC3CCCCC3)c3ccc(OC)c(OC)c3c[n+]1CC2. The first-order chi connectivity index (χ1) is 16.2. The Kier molecular flexibility index (Phi) is 6.05. The summed E-state index contributed by atoms with van der Waals surface area (Å²) in [6, 6.07) is 8.57. The molecule has 0 radical (unpaired) electrons. The van der Waals surface area contributed by atoms with Gasteiger partial charge in [0.15, 0.2) is 35.7 Å². The number of methoxy groups -OCH3 is 4. The zero-order valence-electron chi connectivity index (χ0n) is 20.2. The average molecular weight is 449 g/mol. The van der Waals surface area contributed by atoms with Crippen molar-refractivity contribution in [2.75, 3.05) is 28.4 Å². The van der Waals surface area contributed by atoms with Crippen molar-refractivity contribution in [3.8, 4) is 34.3 Å². The largest absolute Gasteiger partial charge is 0.493 e. The normalized spacial score (nSPS) is 15.6. The summed E-state index contributed by atoms with van der Waals surface area (Å²) in [6.07, 6.45) is 10.9. The third-order valence-electron chi connectivity index (χ3n) is 7.47. The molecule has 1 aromatic heterocycles. The van der Waals surface area contributed by atoms with Gasteiger partial charge in [0.2, 0.25) is 5.69 Å². The van der Waals surface area contributed by atoms with E-state index in [1.807, 2.05) is 6.07 Å². The van der Waals surface area contributed by atoms with Gasteiger partial charge in [-0.2, -0.15) is 4.57 Å². The monoisotopic (exact) mass is 448 g/mol. The molecule has 0 unspecified atom stereocenters. The fraction of sp³-hybridized carbons (Fsp3) is 0.464. The number of pyridine rings is 1. The molecule has 0 amide bonds. The van der Waals surface area contributed by atoms with Crippen molar-refractivity contribution in [3.05, 3.63) is 41.6 Å². The number of benzene rings is 2. The minimum Gasteiger partial charge on any atom is -0.493 e. The standard InChI is InChI=1S/C28H34NO4/c1-30-24-11-10-20-22(14-18-8-6-5-7-9-18)27-21-16-26(32-3)25(31-2)15-19(21)12-13-29(27)17-23(20)28(24)33-4/h10-11,15-18H,5-9,12-14H2,1-4H3/q+1. The molecular formula is C28H34NO4+. The van der Waals surface area contributed by atoms with Crippen LogP contribution in [0.5, 0.6) is 23.0 Å². The lowest BCUT2D eigenvalue weighted by Crippen LogP contribution is -2.41. The Bertz CT molecular complexity index is 1180. The second kappa shape index (κ2) is 9.12. The molecule has 5 rings (SSSR count). The van der Waals surface area contributed by atoms with Gasteiger partial charge in [0.05, 0.1) is 39.4 Å². The zero-order valence-corrected chi connectivity index (χ0v) is 20.2. The number of ether oxygens (including phenoxy) is 4. The number of rotatable bonds is 6. The Morgan fingerprint density at radius 2 is 1.55 bits per heavy atom. The molecule has 0 bridgehead atoms. The van der Waals surface area contributed by atoms with Gasteiger partial charge >= 0.3 is 0 Å². The van der Waals surface area contributed by atoms with E-state index in [2.05, 4.69) is 29.0 Å². The lowest BCUT2D eigenvalue weighted by Gasteiger charge is -2.25. The molecule has 33 heavy (non-hydrogen) atoms. The molecule has 1 aliphatic carbocycles. The lowest BCUT2D eigenvalue weighted by atomic mass is 9.81. The van der Waals surface area contributed by atoms with Crippen LogP contribution < -0.4 is 23.5 Å². The third-order valence-corrected chi connectivity index (χ3v) is 7.47. The Morgan fingerprint density at radius 3 is 2.24 bits per heavy atom. The summed E-state index contributed by atoms with van der Waals surface area (Å²) in [5.41, 5.74) is 5.29. The van der Waals surface area contributed by atoms with Crippen LogP contribution in [0.25, 0.3) is 22.0 Å². The number of aryl methyl sites for hydroxylation is 2. The smallest absolute Gasteiger partial charge is 0.216 e. The van der Waals surface area contributed by atoms with E-state index in [4.69, 9.17) is 18.9 Å². The summed E-state index contributed by atoms with van der Waals surface area (Å²) in [6.45, 7) is 0.922. The van der Waals surface area contributed by atoms with Crippen molar-refractivity contribution in [1.82, 2.24) is 0 Å². The number of nitrogens with zero attached hydrogens (tertiary/aromatic N) is 1. The van der Waals surface area contributed by atoms with E-state index >= 15 is 0 Å². The summed E-state index contributed by atoms with van der Waals surface area (Å²) < 4.78 is 25.2. The quantitative estimate of drug-likeness (QED) is 0.467. The highest BCUT2D eigenvalue weighted by molar-refractivity contribution is 5.95. The number of hydrogen-bond acceptors (Lipinski definition) is 4. The highest BCUT2D eigenvalue weighted by Gasteiger charge is 2.32. The van der Waals surface area contributed by atoms with Gasteiger partial charge in [0.25, 0.3) is 0 Å². The van der Waals surface area contributed by atoms with E-state index in [0.717, 1.165) is 47.8 Å². The van der Waals surface area contributed by atoms with Crippen LogP contribution in [-0.2, 0) is 19.4 Å². The first kappa shape index (κ1) is 21.9. The van der Waals surface area contributed by atoms with Crippen LogP contribution in [-0.4, -0.2) is 28.4 Å². The maximum absolute atomic E-state index is 5.85. The van der Waals surface area contributed by atoms with E-state index in [0.29, 0.717) is 5.92 Å². The molecule has 5 heteroatoms. The van der Waals surface area contributed by atoms with Crippen molar-refractivity contribution in [3.63, 3.8) is 0 Å². The van der Waals surface area contributed by atoms with Gasteiger partial charge in [-0.1, -0.05) is 32.1 Å². The lowest BCUT2D eigenvalue weighted by molar-refractivity contribution is -0.686. The maximum Gasteiger partial charge on any atom is 0.216 e. The summed E-state index contributed by atoms with van der Waals surface area (Å²) in [7, 11) is 6.85. The maximum atomic E-state index is 5.85. The van der Waals surface area contributed by atoms with Crippen molar-refractivity contribution in [2.45, 2.75) is 51.5 Å². The molecule has 0 spiro atoms. The molecule has 174 valence electrons. The molecular weight excluding hydrogens is 414 g/mol. The first-order valence-corrected chi connectivity index (χ1v) is 12.0. The highest BCUT2D eigenvalue weighted by Crippen LogP contribution is 2.43. The van der Waals surface area contributed by atoms with Crippen LogP contribution in [0.15, 0.2) is 30.5 Å². The Morgan fingerprint density at radius 1 is 0.818 bits per heavy atom. The minimum atomic E-state index is 0.715. The fourth-order valence-corrected chi connectivity index (χ4v) is 5.83. The fourth-order valence-electron chi connectivity index (χ4n) is 5.83. The molecule has 3 aromatic rings. The van der Waals surface area contributed by atoms with E-state index in [-0.39, 0.29) is 0 Å². The van der Waals surface area contributed by atoms with Crippen LogP contribution >= 0.6 is 0 Å². The molecule has 1 fully saturated rings. The van der Waals surface area contributed by atoms with E-state index in [9.17, 15) is 0 Å². The van der Waals surface area contributed by atoms with Gasteiger partial charge in [0, 0.05) is 17.4 Å². The molecule has 2 aliphatic rings.